The lowest BCUT2D eigenvalue weighted by Crippen LogP contribution is -2.26. The van der Waals surface area contributed by atoms with Crippen molar-refractivity contribution in [1.82, 2.24) is 5.32 Å². The topological polar surface area (TPSA) is 62.1 Å². The van der Waals surface area contributed by atoms with Crippen LogP contribution in [0.3, 0.4) is 0 Å². The fraction of sp³-hybridized carbons (Fsp3) is 0.333. The van der Waals surface area contributed by atoms with Gasteiger partial charge in [0, 0.05) is 30.5 Å². The summed E-state index contributed by atoms with van der Waals surface area (Å²) in [6, 6.07) is 9.15. The second-order valence-corrected chi connectivity index (χ2v) is 4.18. The van der Waals surface area contributed by atoms with Gasteiger partial charge < -0.3 is 5.32 Å². The molecular weight excluding hydrogens is 276 g/mol. The molecule has 1 aromatic rings. The number of halogens is 1. The summed E-state index contributed by atoms with van der Waals surface area (Å²) in [5.41, 5.74) is 1.33. The van der Waals surface area contributed by atoms with Gasteiger partial charge >= 0.3 is 0 Å². The lowest BCUT2D eigenvalue weighted by atomic mass is 10.1. The highest BCUT2D eigenvalue weighted by atomic mass is 35.5. The number of unbranched alkanes of at least 4 members (excludes halogenated alkanes) is 2. The van der Waals surface area contributed by atoms with Crippen molar-refractivity contribution < 1.29 is 9.08 Å². The van der Waals surface area contributed by atoms with Crippen LogP contribution < -0.4 is 5.32 Å². The molecule has 5 heteroatoms. The van der Waals surface area contributed by atoms with Crippen LogP contribution in [-0.4, -0.2) is 19.1 Å². The molecule has 0 saturated heterocycles. The molecule has 1 amide bonds. The van der Waals surface area contributed by atoms with Crippen LogP contribution in [0.4, 0.5) is 0 Å². The van der Waals surface area contributed by atoms with Gasteiger partial charge in [-0.3, -0.25) is 9.08 Å². The molecule has 1 N–H and O–H groups in total. The number of nitriles is 1. The molecule has 0 saturated carbocycles. The largest absolute Gasteiger partial charge is 0.350 e. The first kappa shape index (κ1) is 16.0. The number of nitrogens with one attached hydrogen (secondary N) is 1. The number of hydrogen-bond donors (Lipinski definition) is 1. The molecule has 0 aliphatic rings. The van der Waals surface area contributed by atoms with E-state index in [-0.39, 0.29) is 12.5 Å². The minimum atomic E-state index is -0.188. The van der Waals surface area contributed by atoms with Gasteiger partial charge in [-0.2, -0.15) is 5.26 Å². The summed E-state index contributed by atoms with van der Waals surface area (Å²) in [4.78, 5) is 11.8. The van der Waals surface area contributed by atoms with Gasteiger partial charge in [0.25, 0.3) is 5.91 Å². The predicted molar refractivity (Wildman–Crippen MR) is 76.9 cm³/mol. The van der Waals surface area contributed by atoms with Crippen molar-refractivity contribution in [3.05, 3.63) is 35.4 Å². The summed E-state index contributed by atoms with van der Waals surface area (Å²) in [5.74, 6) is 5.78. The van der Waals surface area contributed by atoms with Crippen molar-refractivity contribution in [3.8, 4) is 17.9 Å². The van der Waals surface area contributed by atoms with Gasteiger partial charge in [0.2, 0.25) is 0 Å². The summed E-state index contributed by atoms with van der Waals surface area (Å²) in [5, 5.41) is 11.1. The van der Waals surface area contributed by atoms with Gasteiger partial charge in [-0.1, -0.05) is 17.9 Å². The Kier molecular flexibility index (Phi) is 7.91. The van der Waals surface area contributed by atoms with Crippen molar-refractivity contribution in [2.75, 3.05) is 13.2 Å². The van der Waals surface area contributed by atoms with E-state index in [9.17, 15) is 4.79 Å². The molecular formula is C15H15ClN2O2. The molecule has 1 rings (SSSR count). The van der Waals surface area contributed by atoms with E-state index in [4.69, 9.17) is 17.1 Å². The van der Waals surface area contributed by atoms with Crippen molar-refractivity contribution in [2.45, 2.75) is 19.3 Å². The minimum absolute atomic E-state index is 0.188. The quantitative estimate of drug-likeness (QED) is 0.647. The van der Waals surface area contributed by atoms with Gasteiger partial charge in [0.15, 0.2) is 0 Å². The normalized spacial score (nSPS) is 9.20. The number of rotatable bonds is 6. The van der Waals surface area contributed by atoms with E-state index in [0.717, 1.165) is 12.0 Å². The highest BCUT2D eigenvalue weighted by Gasteiger charge is 2.04. The lowest BCUT2D eigenvalue weighted by Gasteiger charge is -2.03. The van der Waals surface area contributed by atoms with Gasteiger partial charge in [-0.15, -0.1) is 0 Å². The van der Waals surface area contributed by atoms with Crippen molar-refractivity contribution in [2.24, 2.45) is 0 Å². The molecule has 0 aromatic heterocycles. The second-order valence-electron chi connectivity index (χ2n) is 3.96. The number of carbonyl (C=O) groups is 1. The Morgan fingerprint density at radius 2 is 2.25 bits per heavy atom. The first-order valence-electron chi connectivity index (χ1n) is 6.25. The fourth-order valence-electron chi connectivity index (χ4n) is 1.46. The summed E-state index contributed by atoms with van der Waals surface area (Å²) in [7, 11) is 0. The third-order valence-corrected chi connectivity index (χ3v) is 2.57. The Hall–Kier alpha value is -2.01. The highest BCUT2D eigenvalue weighted by Crippen LogP contribution is 2.04. The third kappa shape index (κ3) is 6.24. The van der Waals surface area contributed by atoms with E-state index >= 15 is 0 Å². The molecule has 20 heavy (non-hydrogen) atoms. The van der Waals surface area contributed by atoms with E-state index in [0.29, 0.717) is 24.9 Å². The number of nitrogens with zero attached hydrogens (tertiary/aromatic N) is 1. The maximum absolute atomic E-state index is 11.8. The predicted octanol–water partition coefficient (Wildman–Crippen LogP) is 2.63. The standard InChI is InChI=1S/C15H15ClN2O2/c16-20-11-10-18-15(19)14-8-5-7-13(12-14)6-3-1-2-4-9-17/h5,7-8,12H,1-2,4,10-11H2,(H,18,19). The molecule has 0 spiro atoms. The number of benzene rings is 1. The Morgan fingerprint density at radius 3 is 3.00 bits per heavy atom. The molecule has 0 aliphatic heterocycles. The molecule has 1 aromatic carbocycles. The van der Waals surface area contributed by atoms with E-state index in [2.05, 4.69) is 27.5 Å². The van der Waals surface area contributed by atoms with Crippen LogP contribution in [0.2, 0.25) is 0 Å². The van der Waals surface area contributed by atoms with E-state index in [1.165, 1.54) is 0 Å². The lowest BCUT2D eigenvalue weighted by molar-refractivity contribution is 0.0948. The zero-order chi connectivity index (χ0) is 14.6. The van der Waals surface area contributed by atoms with E-state index in [1.54, 1.807) is 18.2 Å². The Labute approximate surface area is 123 Å². The van der Waals surface area contributed by atoms with E-state index < -0.39 is 0 Å². The maximum atomic E-state index is 11.8. The maximum Gasteiger partial charge on any atom is 0.251 e. The number of carbonyl (C=O) groups excluding carboxylic acids is 1. The van der Waals surface area contributed by atoms with Crippen LogP contribution >= 0.6 is 11.9 Å². The first-order chi connectivity index (χ1) is 9.77. The molecule has 0 fully saturated rings. The van der Waals surface area contributed by atoms with Crippen molar-refractivity contribution >= 4 is 17.8 Å². The summed E-state index contributed by atoms with van der Waals surface area (Å²) < 4.78 is 4.35. The van der Waals surface area contributed by atoms with Crippen LogP contribution in [0.15, 0.2) is 24.3 Å². The minimum Gasteiger partial charge on any atom is -0.350 e. The smallest absolute Gasteiger partial charge is 0.251 e. The monoisotopic (exact) mass is 290 g/mol. The Balaban J connectivity index is 2.57. The first-order valence-corrected chi connectivity index (χ1v) is 6.56. The summed E-state index contributed by atoms with van der Waals surface area (Å²) in [6.07, 6.45) is 1.96. The third-order valence-electron chi connectivity index (χ3n) is 2.41. The number of amides is 1. The average molecular weight is 291 g/mol. The molecule has 0 unspecified atom stereocenters. The molecule has 0 aliphatic carbocycles. The molecule has 104 valence electrons. The van der Waals surface area contributed by atoms with Crippen LogP contribution in [0.25, 0.3) is 0 Å². The van der Waals surface area contributed by atoms with Gasteiger partial charge in [0.05, 0.1) is 24.5 Å². The van der Waals surface area contributed by atoms with Gasteiger partial charge in [-0.25, -0.2) is 0 Å². The Morgan fingerprint density at radius 1 is 1.40 bits per heavy atom. The van der Waals surface area contributed by atoms with Crippen molar-refractivity contribution in [3.63, 3.8) is 0 Å². The average Bonchev–Trinajstić information content (AvgIpc) is 2.47. The fourth-order valence-corrected chi connectivity index (χ4v) is 1.54. The molecule has 4 nitrogen and oxygen atoms in total. The Bertz CT molecular complexity index is 541. The van der Waals surface area contributed by atoms with Crippen LogP contribution in [0.1, 0.15) is 35.2 Å². The van der Waals surface area contributed by atoms with Crippen molar-refractivity contribution in [1.29, 1.82) is 5.26 Å². The zero-order valence-corrected chi connectivity index (χ0v) is 11.7. The summed E-state index contributed by atoms with van der Waals surface area (Å²) in [6.45, 7) is 0.609. The zero-order valence-electron chi connectivity index (χ0n) is 11.0. The SMILES string of the molecule is N#CCCCC#Cc1cccc(C(=O)NCCOCl)c1. The van der Waals surface area contributed by atoms with Crippen LogP contribution in [0.5, 0.6) is 0 Å². The second kappa shape index (κ2) is 9.86. The van der Waals surface area contributed by atoms with Gasteiger partial charge in [0.1, 0.15) is 0 Å². The van der Waals surface area contributed by atoms with Crippen LogP contribution in [0, 0.1) is 23.2 Å². The summed E-state index contributed by atoms with van der Waals surface area (Å²) >= 11 is 5.06. The molecule has 0 bridgehead atoms. The van der Waals surface area contributed by atoms with E-state index in [1.807, 2.05) is 6.07 Å². The molecule has 0 radical (unpaired) electrons. The molecule has 0 atom stereocenters. The highest BCUT2D eigenvalue weighted by molar-refractivity contribution is 6.07. The van der Waals surface area contributed by atoms with Gasteiger partial charge in [-0.05, 0) is 24.6 Å². The number of hydrogen-bond acceptors (Lipinski definition) is 3. The van der Waals surface area contributed by atoms with Crippen LogP contribution in [-0.2, 0) is 4.29 Å². The molecule has 0 heterocycles.